The van der Waals surface area contributed by atoms with E-state index in [-0.39, 0.29) is 5.91 Å². The van der Waals surface area contributed by atoms with E-state index in [0.29, 0.717) is 59.6 Å². The number of pyridine rings is 1. The van der Waals surface area contributed by atoms with E-state index in [4.69, 9.17) is 33.2 Å². The van der Waals surface area contributed by atoms with Gasteiger partial charge in [0.1, 0.15) is 12.3 Å². The van der Waals surface area contributed by atoms with Crippen molar-refractivity contribution in [2.24, 2.45) is 0 Å². The largest absolute Gasteiger partial charge is 0.474 e. The first kappa shape index (κ1) is 32.8. The van der Waals surface area contributed by atoms with E-state index < -0.39 is 7.52 Å². The highest BCUT2D eigenvalue weighted by atomic mass is 35.5. The van der Waals surface area contributed by atoms with Crippen molar-refractivity contribution in [2.45, 2.75) is 13.3 Å². The van der Waals surface area contributed by atoms with Crippen LogP contribution in [0.4, 0.5) is 5.69 Å². The van der Waals surface area contributed by atoms with Crippen LogP contribution in [-0.2, 0) is 15.9 Å². The fraction of sp³-hybridized carbons (Fsp3) is 0.357. The summed E-state index contributed by atoms with van der Waals surface area (Å²) in [4.78, 5) is 34.7. The zero-order chi connectivity index (χ0) is 30.0. The van der Waals surface area contributed by atoms with E-state index >= 15 is 0 Å². The lowest BCUT2D eigenvalue weighted by molar-refractivity contribution is -0.214. The average Bonchev–Trinajstić information content (AvgIpc) is 2.99. The number of piperazine rings is 1. The summed E-state index contributed by atoms with van der Waals surface area (Å²) in [6.07, 6.45) is 2.53. The molecular formula is C28H35Cl2N4O6P. The highest BCUT2D eigenvalue weighted by Crippen LogP contribution is 2.44. The number of aromatic nitrogens is 1. The zero-order valence-electron chi connectivity index (χ0n) is 23.2. The fourth-order valence-corrected chi connectivity index (χ4v) is 6.17. The number of aryl methyl sites for hydroxylation is 1. The van der Waals surface area contributed by atoms with Crippen LogP contribution in [-0.4, -0.2) is 84.1 Å². The van der Waals surface area contributed by atoms with Crippen molar-refractivity contribution in [3.63, 3.8) is 0 Å². The molecule has 1 unspecified atom stereocenters. The zero-order valence-corrected chi connectivity index (χ0v) is 25.6. The number of likely N-dealkylation sites (N-methyl/N-ethyl adjacent to an activating group) is 1. The molecule has 2 aromatic carbocycles. The van der Waals surface area contributed by atoms with Gasteiger partial charge in [-0.25, -0.2) is 14.5 Å². The molecule has 0 saturated carbocycles. The van der Waals surface area contributed by atoms with Gasteiger partial charge in [0.25, 0.3) is 13.4 Å². The second-order valence-corrected chi connectivity index (χ2v) is 12.2. The molecule has 2 aliphatic rings. The Morgan fingerprint density at radius 2 is 1.71 bits per heavy atom. The van der Waals surface area contributed by atoms with Crippen LogP contribution < -0.4 is 14.9 Å². The van der Waals surface area contributed by atoms with E-state index in [2.05, 4.69) is 16.8 Å². The second kappa shape index (κ2) is 15.5. The fourth-order valence-electron chi connectivity index (χ4n) is 4.24. The van der Waals surface area contributed by atoms with Crippen LogP contribution in [0.1, 0.15) is 22.8 Å². The molecule has 0 spiro atoms. The number of anilines is 1. The molecule has 222 valence electrons. The van der Waals surface area contributed by atoms with Gasteiger partial charge in [-0.3, -0.25) is 14.6 Å². The normalized spacial score (nSPS) is 16.2. The Morgan fingerprint density at radius 1 is 1.05 bits per heavy atom. The van der Waals surface area contributed by atoms with Crippen LogP contribution in [0.25, 0.3) is 0 Å². The van der Waals surface area contributed by atoms with Crippen molar-refractivity contribution in [3.05, 3.63) is 82.0 Å². The van der Waals surface area contributed by atoms with Crippen LogP contribution in [0.5, 0.6) is 5.88 Å². The van der Waals surface area contributed by atoms with Gasteiger partial charge in [0.05, 0.1) is 34.6 Å². The first-order chi connectivity index (χ1) is 19.6. The Morgan fingerprint density at radius 3 is 2.32 bits per heavy atom. The smallest absolute Gasteiger partial charge is 0.299 e. The third-order valence-corrected chi connectivity index (χ3v) is 9.44. The second-order valence-electron chi connectivity index (χ2n) is 9.23. The molecule has 3 heterocycles. The van der Waals surface area contributed by atoms with E-state index in [0.717, 1.165) is 18.7 Å². The molecule has 1 atom stereocenters. The van der Waals surface area contributed by atoms with Crippen molar-refractivity contribution in [1.82, 2.24) is 14.6 Å². The van der Waals surface area contributed by atoms with Crippen LogP contribution in [0, 0.1) is 0 Å². The van der Waals surface area contributed by atoms with Gasteiger partial charge in [0, 0.05) is 39.4 Å². The van der Waals surface area contributed by atoms with E-state index in [1.54, 1.807) is 39.9 Å². The minimum absolute atomic E-state index is 0.124. The number of hydrogen-bond donors (Lipinski definition) is 2. The van der Waals surface area contributed by atoms with Gasteiger partial charge in [-0.2, -0.15) is 0 Å². The Kier molecular flexibility index (Phi) is 12.4. The SMILES string of the molecule is CCc1ccc(Cl)c(Cl)c1.CN1CCOc2ncc(C(=O)N3CCN(P(=O)(O)c4ccccc4)CC3)cc21.COO. The number of halogens is 2. The molecule has 2 N–H and O–H groups in total. The summed E-state index contributed by atoms with van der Waals surface area (Å²) < 4.78 is 20.0. The molecule has 0 bridgehead atoms. The van der Waals surface area contributed by atoms with E-state index in [1.165, 1.54) is 18.9 Å². The maximum absolute atomic E-state index is 12.9. The molecular weight excluding hydrogens is 590 g/mol. The molecule has 2 aliphatic heterocycles. The predicted octanol–water partition coefficient (Wildman–Crippen LogP) is 4.84. The average molecular weight is 625 g/mol. The van der Waals surface area contributed by atoms with Crippen molar-refractivity contribution < 1.29 is 29.1 Å². The van der Waals surface area contributed by atoms with E-state index in [9.17, 15) is 14.3 Å². The maximum Gasteiger partial charge on any atom is 0.299 e. The molecule has 41 heavy (non-hydrogen) atoms. The molecule has 0 aliphatic carbocycles. The number of benzene rings is 2. The number of ether oxygens (including phenoxy) is 1. The number of hydrogen-bond acceptors (Lipinski definition) is 7. The summed E-state index contributed by atoms with van der Waals surface area (Å²) in [7, 11) is -0.490. The highest BCUT2D eigenvalue weighted by Gasteiger charge is 2.34. The summed E-state index contributed by atoms with van der Waals surface area (Å²) in [6.45, 7) is 4.87. The molecule has 1 fully saturated rings. The number of fused-ring (bicyclic) bond motifs is 1. The quantitative estimate of drug-likeness (QED) is 0.239. The third-order valence-electron chi connectivity index (χ3n) is 6.57. The van der Waals surface area contributed by atoms with Gasteiger partial charge in [-0.05, 0) is 42.3 Å². The van der Waals surface area contributed by atoms with Crippen LogP contribution in [0.3, 0.4) is 0 Å². The maximum atomic E-state index is 12.9. The van der Waals surface area contributed by atoms with Gasteiger partial charge in [0.2, 0.25) is 5.88 Å². The lowest BCUT2D eigenvalue weighted by Crippen LogP contribution is -2.48. The lowest BCUT2D eigenvalue weighted by Gasteiger charge is -2.36. The molecule has 0 radical (unpaired) electrons. The molecule has 5 rings (SSSR count). The first-order valence-corrected chi connectivity index (χ1v) is 15.4. The van der Waals surface area contributed by atoms with Crippen LogP contribution in [0.2, 0.25) is 10.0 Å². The molecule has 1 saturated heterocycles. The lowest BCUT2D eigenvalue weighted by atomic mass is 10.2. The molecule has 10 nitrogen and oxygen atoms in total. The summed E-state index contributed by atoms with van der Waals surface area (Å²) in [5, 5.41) is 8.75. The van der Waals surface area contributed by atoms with Gasteiger partial charge in [-0.1, -0.05) is 54.4 Å². The first-order valence-electron chi connectivity index (χ1n) is 13.0. The molecule has 3 aromatic rings. The van der Waals surface area contributed by atoms with Gasteiger partial charge >= 0.3 is 0 Å². The Bertz CT molecular complexity index is 1340. The summed E-state index contributed by atoms with van der Waals surface area (Å²) in [5.74, 6) is 0.417. The standard InChI is InChI=1S/C19H23N4O4P.C8H8Cl2.CH4O2/c1-21-11-12-27-18-17(21)13-15(14-20-18)19(24)22-7-9-23(10-8-22)28(25,26)16-5-3-2-4-6-16;1-2-6-3-4-7(9)8(10)5-6;1-3-2/h2-6,13-14H,7-12H2,1H3,(H,25,26);3-5H,2H2,1H3;2H,1H3. The minimum Gasteiger partial charge on any atom is -0.474 e. The third kappa shape index (κ3) is 8.66. The van der Waals surface area contributed by atoms with Gasteiger partial charge < -0.3 is 19.4 Å². The van der Waals surface area contributed by atoms with Crippen molar-refractivity contribution in [1.29, 1.82) is 0 Å². The van der Waals surface area contributed by atoms with Crippen molar-refractivity contribution in [2.75, 3.05) is 58.4 Å². The number of nitrogens with zero attached hydrogens (tertiary/aromatic N) is 4. The molecule has 13 heteroatoms. The van der Waals surface area contributed by atoms with E-state index in [1.807, 2.05) is 36.2 Å². The van der Waals surface area contributed by atoms with Gasteiger partial charge in [-0.15, -0.1) is 0 Å². The summed E-state index contributed by atoms with van der Waals surface area (Å²) in [6, 6.07) is 16.1. The highest BCUT2D eigenvalue weighted by molar-refractivity contribution is 7.63. The predicted molar refractivity (Wildman–Crippen MR) is 162 cm³/mol. The monoisotopic (exact) mass is 624 g/mol. The van der Waals surface area contributed by atoms with Crippen LogP contribution in [0.15, 0.2) is 60.8 Å². The number of rotatable bonds is 4. The Labute approximate surface area is 250 Å². The Hall–Kier alpha value is -2.69. The number of amides is 1. The molecule has 1 aromatic heterocycles. The minimum atomic E-state index is -3.61. The number of carbonyl (C=O) groups excluding carboxylic acids is 1. The van der Waals surface area contributed by atoms with Crippen molar-refractivity contribution in [3.8, 4) is 5.88 Å². The topological polar surface area (TPSA) is 116 Å². The molecule has 1 amide bonds. The van der Waals surface area contributed by atoms with Crippen molar-refractivity contribution >= 4 is 47.6 Å². The summed E-state index contributed by atoms with van der Waals surface area (Å²) in [5.41, 5.74) is 2.52. The number of carbonyl (C=O) groups is 1. The van der Waals surface area contributed by atoms with Crippen LogP contribution >= 0.6 is 30.7 Å². The summed E-state index contributed by atoms with van der Waals surface area (Å²) >= 11 is 11.5. The Balaban J connectivity index is 0.000000297. The van der Waals surface area contributed by atoms with Gasteiger partial charge in [0.15, 0.2) is 0 Å².